The number of halogens is 4. The van der Waals surface area contributed by atoms with E-state index in [0.717, 1.165) is 99.5 Å². The SMILES string of the molecule is CC(C)(C)N1CCN(CCC(CSc2ccccc2)Nc2ccc(S(=O)(=O)NC(=O)c3ccc(N4CCN(CC5=C(c6ccc(Cl)cc6)CCCCC5)CC4)cc3)cc2S(=O)(=O)C(F)(F)F)CC1. The molecule has 1 atom stereocenters. The van der Waals surface area contributed by atoms with Crippen LogP contribution in [0.25, 0.3) is 5.57 Å². The predicted octanol–water partition coefficient (Wildman–Crippen LogP) is 9.67. The first kappa shape index (κ1) is 51.7. The van der Waals surface area contributed by atoms with E-state index in [-0.39, 0.29) is 16.8 Å². The van der Waals surface area contributed by atoms with Gasteiger partial charge in [-0.3, -0.25) is 14.6 Å². The number of anilines is 2. The fourth-order valence-electron chi connectivity index (χ4n) is 9.06. The number of sulfone groups is 1. The van der Waals surface area contributed by atoms with Crippen molar-refractivity contribution in [3.8, 4) is 0 Å². The van der Waals surface area contributed by atoms with Crippen molar-refractivity contribution >= 4 is 66.1 Å². The molecule has 368 valence electrons. The molecule has 3 aliphatic rings. The first-order chi connectivity index (χ1) is 32.3. The molecule has 68 heavy (non-hydrogen) atoms. The molecule has 7 rings (SSSR count). The fraction of sp³-hybridized carbons (Fsp3) is 0.460. The quantitative estimate of drug-likeness (QED) is 0.104. The molecule has 11 nitrogen and oxygen atoms in total. The van der Waals surface area contributed by atoms with Crippen molar-refractivity contribution in [1.82, 2.24) is 19.4 Å². The van der Waals surface area contributed by atoms with Crippen LogP contribution < -0.4 is 14.9 Å². The summed E-state index contributed by atoms with van der Waals surface area (Å²) < 4.78 is 98.4. The molecule has 4 aromatic rings. The second kappa shape index (κ2) is 22.3. The molecule has 2 aliphatic heterocycles. The molecule has 0 bridgehead atoms. The summed E-state index contributed by atoms with van der Waals surface area (Å²) >= 11 is 7.66. The van der Waals surface area contributed by atoms with Crippen LogP contribution in [0.15, 0.2) is 117 Å². The molecule has 2 fully saturated rings. The number of hydrogen-bond acceptors (Lipinski definition) is 11. The van der Waals surface area contributed by atoms with Crippen LogP contribution in [0.5, 0.6) is 0 Å². The minimum Gasteiger partial charge on any atom is -0.380 e. The Morgan fingerprint density at radius 1 is 0.765 bits per heavy atom. The van der Waals surface area contributed by atoms with Gasteiger partial charge in [0.1, 0.15) is 4.90 Å². The highest BCUT2D eigenvalue weighted by atomic mass is 35.5. The lowest BCUT2D eigenvalue weighted by atomic mass is 9.95. The number of nitrogens with one attached hydrogen (secondary N) is 2. The van der Waals surface area contributed by atoms with Crippen molar-refractivity contribution in [1.29, 1.82) is 0 Å². The summed E-state index contributed by atoms with van der Waals surface area (Å²) in [4.78, 5) is 21.6. The topological polar surface area (TPSA) is 122 Å². The minimum absolute atomic E-state index is 0.00555. The third kappa shape index (κ3) is 13.4. The van der Waals surface area contributed by atoms with Crippen molar-refractivity contribution in [2.45, 2.75) is 91.1 Å². The third-order valence-electron chi connectivity index (χ3n) is 13.1. The molecular formula is C50H62ClF3N6O5S3. The summed E-state index contributed by atoms with van der Waals surface area (Å²) in [7, 11) is -10.9. The van der Waals surface area contributed by atoms with Gasteiger partial charge in [-0.25, -0.2) is 21.6 Å². The van der Waals surface area contributed by atoms with Crippen molar-refractivity contribution in [2.75, 3.05) is 81.4 Å². The zero-order valence-corrected chi connectivity index (χ0v) is 42.1. The number of amides is 1. The number of alkyl halides is 3. The van der Waals surface area contributed by atoms with Crippen molar-refractivity contribution < 1.29 is 34.8 Å². The molecule has 1 unspecified atom stereocenters. The zero-order valence-electron chi connectivity index (χ0n) is 38.9. The number of nitrogens with zero attached hydrogens (tertiary/aromatic N) is 4. The smallest absolute Gasteiger partial charge is 0.380 e. The summed E-state index contributed by atoms with van der Waals surface area (Å²) in [6, 6.07) is 26.0. The van der Waals surface area contributed by atoms with Crippen LogP contribution in [0.2, 0.25) is 5.02 Å². The van der Waals surface area contributed by atoms with Crippen molar-refractivity contribution in [2.24, 2.45) is 0 Å². The van der Waals surface area contributed by atoms with E-state index in [4.69, 9.17) is 11.6 Å². The summed E-state index contributed by atoms with van der Waals surface area (Å²) in [5.74, 6) is -0.633. The van der Waals surface area contributed by atoms with Gasteiger partial charge >= 0.3 is 5.51 Å². The number of allylic oxidation sites excluding steroid dienone is 1. The largest absolute Gasteiger partial charge is 0.501 e. The highest BCUT2D eigenvalue weighted by Crippen LogP contribution is 2.37. The average Bonchev–Trinajstić information content (AvgIpc) is 3.55. The van der Waals surface area contributed by atoms with Gasteiger partial charge < -0.3 is 15.1 Å². The summed E-state index contributed by atoms with van der Waals surface area (Å²) in [6.07, 6.45) is 6.14. The Bertz CT molecular complexity index is 2600. The molecule has 0 saturated carbocycles. The maximum absolute atomic E-state index is 14.3. The summed E-state index contributed by atoms with van der Waals surface area (Å²) in [6.45, 7) is 14.5. The van der Waals surface area contributed by atoms with Crippen LogP contribution in [0.3, 0.4) is 0 Å². The minimum atomic E-state index is -6.06. The van der Waals surface area contributed by atoms with Crippen LogP contribution in [0, 0.1) is 0 Å². The number of sulfonamides is 1. The van der Waals surface area contributed by atoms with E-state index in [9.17, 15) is 34.8 Å². The number of piperazine rings is 2. The molecule has 0 spiro atoms. The van der Waals surface area contributed by atoms with Gasteiger partial charge in [0.25, 0.3) is 25.8 Å². The predicted molar refractivity (Wildman–Crippen MR) is 268 cm³/mol. The highest BCUT2D eigenvalue weighted by molar-refractivity contribution is 7.99. The zero-order chi connectivity index (χ0) is 48.7. The second-order valence-electron chi connectivity index (χ2n) is 18.8. The van der Waals surface area contributed by atoms with E-state index >= 15 is 0 Å². The third-order valence-corrected chi connectivity index (χ3v) is 17.3. The Morgan fingerprint density at radius 3 is 2.06 bits per heavy atom. The van der Waals surface area contributed by atoms with Crippen LogP contribution in [-0.2, 0) is 19.9 Å². The van der Waals surface area contributed by atoms with Crippen LogP contribution in [0.4, 0.5) is 24.5 Å². The van der Waals surface area contributed by atoms with Gasteiger partial charge in [0.05, 0.1) is 10.6 Å². The molecule has 0 aromatic heterocycles. The van der Waals surface area contributed by atoms with Gasteiger partial charge in [0.2, 0.25) is 0 Å². The monoisotopic (exact) mass is 1010 g/mol. The van der Waals surface area contributed by atoms with Gasteiger partial charge in [0, 0.05) is 104 Å². The molecule has 18 heteroatoms. The molecule has 0 radical (unpaired) electrons. The lowest BCUT2D eigenvalue weighted by Gasteiger charge is -2.42. The van der Waals surface area contributed by atoms with E-state index in [1.807, 2.05) is 47.2 Å². The number of benzene rings is 4. The number of thioether (sulfide) groups is 1. The number of carbonyl (C=O) groups excluding carboxylic acids is 1. The van der Waals surface area contributed by atoms with E-state index in [0.29, 0.717) is 24.8 Å². The lowest BCUT2D eigenvalue weighted by Crippen LogP contribution is -2.53. The molecule has 4 aromatic carbocycles. The van der Waals surface area contributed by atoms with E-state index in [1.54, 1.807) is 12.1 Å². The average molecular weight is 1020 g/mol. The van der Waals surface area contributed by atoms with Crippen LogP contribution >= 0.6 is 23.4 Å². The number of rotatable bonds is 16. The summed E-state index contributed by atoms with van der Waals surface area (Å²) in [5.41, 5.74) is -1.11. The van der Waals surface area contributed by atoms with E-state index in [1.165, 1.54) is 59.9 Å². The van der Waals surface area contributed by atoms with Gasteiger partial charge in [-0.1, -0.05) is 53.9 Å². The van der Waals surface area contributed by atoms with Crippen LogP contribution in [-0.4, -0.2) is 126 Å². The molecular weight excluding hydrogens is 953 g/mol. The second-order valence-corrected chi connectivity index (χ2v) is 23.9. The summed E-state index contributed by atoms with van der Waals surface area (Å²) in [5, 5.41) is 3.77. The van der Waals surface area contributed by atoms with Crippen molar-refractivity contribution in [3.63, 3.8) is 0 Å². The fourth-order valence-corrected chi connectivity index (χ4v) is 12.2. The molecule has 1 aliphatic carbocycles. The Labute approximate surface area is 409 Å². The maximum Gasteiger partial charge on any atom is 0.501 e. The van der Waals surface area contributed by atoms with E-state index in [2.05, 4.69) is 57.8 Å². The number of carbonyl (C=O) groups is 1. The first-order valence-electron chi connectivity index (χ1n) is 23.3. The molecule has 2 N–H and O–H groups in total. The van der Waals surface area contributed by atoms with Gasteiger partial charge in [-0.05, 0) is 131 Å². The standard InChI is InChI=1S/C50H62ClF3N6O5S3/c1-49(2,3)60-32-28-57(29-33-60)25-24-41(36-66-43-11-7-5-8-12-43)55-46-23-22-44(34-47(46)67(62,63)50(52,53)54)68(64,65)56-48(61)38-16-20-42(21-17-38)59-30-26-58(27-31-59)35-39-10-6-4-9-13-45(39)37-14-18-40(51)19-15-37/h5,7-8,11-12,14-23,34,41,55H,4,6,9-10,13,24-33,35-36H2,1-3H3,(H,56,61). The molecule has 1 amide bonds. The van der Waals surface area contributed by atoms with Gasteiger partial charge in [0.15, 0.2) is 0 Å². The molecule has 2 saturated heterocycles. The van der Waals surface area contributed by atoms with Crippen molar-refractivity contribution in [3.05, 3.63) is 119 Å². The first-order valence-corrected chi connectivity index (χ1v) is 27.6. The normalized spacial score (nSPS) is 18.0. The van der Waals surface area contributed by atoms with Gasteiger partial charge in [-0.2, -0.15) is 13.2 Å². The Kier molecular flexibility index (Phi) is 17.0. The number of hydrogen-bond donors (Lipinski definition) is 2. The highest BCUT2D eigenvalue weighted by Gasteiger charge is 2.48. The Hall–Kier alpha value is -4.10. The van der Waals surface area contributed by atoms with E-state index < -0.39 is 47.1 Å². The molecule has 2 heterocycles. The Balaban J connectivity index is 1.02. The van der Waals surface area contributed by atoms with Crippen LogP contribution in [0.1, 0.15) is 75.2 Å². The maximum atomic E-state index is 14.3. The lowest BCUT2D eigenvalue weighted by molar-refractivity contribution is -0.0435. The van der Waals surface area contributed by atoms with Gasteiger partial charge in [-0.15, -0.1) is 11.8 Å². The Morgan fingerprint density at radius 2 is 1.41 bits per heavy atom.